The number of hydrogen-bond acceptors (Lipinski definition) is 2. The van der Waals surface area contributed by atoms with Crippen LogP contribution in [0.5, 0.6) is 0 Å². The lowest BCUT2D eigenvalue weighted by atomic mass is 9.81. The van der Waals surface area contributed by atoms with Gasteiger partial charge in [0.25, 0.3) is 0 Å². The largest absolute Gasteiger partial charge is 0.481 e. The highest BCUT2D eigenvalue weighted by molar-refractivity contribution is 5.79. The van der Waals surface area contributed by atoms with Crippen LogP contribution in [0.3, 0.4) is 0 Å². The number of carboxylic acid groups (broad SMARTS) is 1. The molecule has 0 heterocycles. The highest BCUT2D eigenvalue weighted by atomic mass is 16.4. The van der Waals surface area contributed by atoms with Crippen LogP contribution in [-0.2, 0) is 9.59 Å². The average Bonchev–Trinajstić information content (AvgIpc) is 2.48. The number of carboxylic acids is 1. The van der Waals surface area contributed by atoms with Gasteiger partial charge in [-0.2, -0.15) is 0 Å². The third-order valence-corrected chi connectivity index (χ3v) is 5.25. The lowest BCUT2D eigenvalue weighted by Gasteiger charge is -2.28. The van der Waals surface area contributed by atoms with Gasteiger partial charge >= 0.3 is 5.97 Å². The Labute approximate surface area is 127 Å². The van der Waals surface area contributed by atoms with Crippen molar-refractivity contribution in [2.24, 2.45) is 17.8 Å². The van der Waals surface area contributed by atoms with Gasteiger partial charge in [-0.1, -0.05) is 32.1 Å². The fourth-order valence-electron chi connectivity index (χ4n) is 3.95. The van der Waals surface area contributed by atoms with E-state index in [0.29, 0.717) is 12.8 Å². The zero-order chi connectivity index (χ0) is 15.2. The summed E-state index contributed by atoms with van der Waals surface area (Å²) in [6.45, 7) is 2.11. The van der Waals surface area contributed by atoms with E-state index in [2.05, 4.69) is 12.2 Å². The second-order valence-corrected chi connectivity index (χ2v) is 7.04. The van der Waals surface area contributed by atoms with E-state index in [1.165, 1.54) is 32.1 Å². The van der Waals surface area contributed by atoms with Gasteiger partial charge in [-0.25, -0.2) is 0 Å². The molecule has 0 radical (unpaired) electrons. The maximum Gasteiger partial charge on any atom is 0.306 e. The quantitative estimate of drug-likeness (QED) is 0.817. The van der Waals surface area contributed by atoms with Crippen LogP contribution in [0.4, 0.5) is 0 Å². The van der Waals surface area contributed by atoms with Crippen molar-refractivity contribution < 1.29 is 14.7 Å². The summed E-state index contributed by atoms with van der Waals surface area (Å²) >= 11 is 0. The van der Waals surface area contributed by atoms with Crippen LogP contribution >= 0.6 is 0 Å². The molecule has 0 saturated heterocycles. The molecule has 0 aliphatic heterocycles. The molecule has 2 rings (SSSR count). The number of carbonyl (C=O) groups excluding carboxylic acids is 1. The lowest BCUT2D eigenvalue weighted by molar-refractivity contribution is -0.144. The van der Waals surface area contributed by atoms with Gasteiger partial charge in [-0.05, 0) is 44.9 Å². The van der Waals surface area contributed by atoms with Gasteiger partial charge in [-0.3, -0.25) is 9.59 Å². The van der Waals surface area contributed by atoms with Crippen LogP contribution < -0.4 is 5.32 Å². The Hall–Kier alpha value is -1.06. The molecule has 1 amide bonds. The Bertz CT molecular complexity index is 355. The summed E-state index contributed by atoms with van der Waals surface area (Å²) in [6, 6.07) is 0.248. The first-order valence-electron chi connectivity index (χ1n) is 8.59. The zero-order valence-corrected chi connectivity index (χ0v) is 13.1. The molecule has 4 nitrogen and oxygen atoms in total. The number of amides is 1. The molecule has 2 N–H and O–H groups in total. The predicted octanol–water partition coefficient (Wildman–Crippen LogP) is 3.35. The van der Waals surface area contributed by atoms with Crippen LogP contribution in [0.25, 0.3) is 0 Å². The summed E-state index contributed by atoms with van der Waals surface area (Å²) in [6.07, 6.45) is 10.5. The summed E-state index contributed by atoms with van der Waals surface area (Å²) in [5.41, 5.74) is 0. The maximum atomic E-state index is 12.3. The normalized spacial score (nSPS) is 28.8. The third-order valence-electron chi connectivity index (χ3n) is 5.25. The highest BCUT2D eigenvalue weighted by Crippen LogP contribution is 2.30. The van der Waals surface area contributed by atoms with E-state index in [-0.39, 0.29) is 23.8 Å². The van der Waals surface area contributed by atoms with E-state index in [9.17, 15) is 9.59 Å². The molecule has 2 saturated carbocycles. The molecule has 0 unspecified atom stereocenters. The second kappa shape index (κ2) is 7.81. The SMILES string of the molecule is C[C@H](CC1CCCCC1)NC(=O)C1CCC(C(=O)O)CC1. The first-order valence-corrected chi connectivity index (χ1v) is 8.59. The van der Waals surface area contributed by atoms with Gasteiger partial charge in [0.15, 0.2) is 0 Å². The number of carbonyl (C=O) groups is 2. The number of nitrogens with one attached hydrogen (secondary N) is 1. The summed E-state index contributed by atoms with van der Waals surface area (Å²) < 4.78 is 0. The first kappa shape index (κ1) is 16.3. The van der Waals surface area contributed by atoms with E-state index in [4.69, 9.17) is 5.11 Å². The fourth-order valence-corrected chi connectivity index (χ4v) is 3.95. The smallest absolute Gasteiger partial charge is 0.306 e. The van der Waals surface area contributed by atoms with Crippen LogP contribution in [0.1, 0.15) is 71.1 Å². The summed E-state index contributed by atoms with van der Waals surface area (Å²) in [4.78, 5) is 23.2. The van der Waals surface area contributed by atoms with Crippen molar-refractivity contribution in [2.75, 3.05) is 0 Å². The van der Waals surface area contributed by atoms with Crippen LogP contribution in [0.15, 0.2) is 0 Å². The van der Waals surface area contributed by atoms with Crippen LogP contribution in [0.2, 0.25) is 0 Å². The highest BCUT2D eigenvalue weighted by Gasteiger charge is 2.30. The average molecular weight is 295 g/mol. The molecule has 0 bridgehead atoms. The molecule has 2 aliphatic rings. The minimum atomic E-state index is -0.709. The van der Waals surface area contributed by atoms with Gasteiger partial charge in [0.05, 0.1) is 5.92 Å². The summed E-state index contributed by atoms with van der Waals surface area (Å²) in [5.74, 6) is -0.0124. The Morgan fingerprint density at radius 3 is 2.14 bits per heavy atom. The number of rotatable bonds is 5. The van der Waals surface area contributed by atoms with Crippen molar-refractivity contribution in [3.8, 4) is 0 Å². The molecule has 21 heavy (non-hydrogen) atoms. The van der Waals surface area contributed by atoms with E-state index < -0.39 is 5.97 Å². The van der Waals surface area contributed by atoms with Crippen molar-refractivity contribution in [1.29, 1.82) is 0 Å². The molecule has 0 aromatic carbocycles. The molecule has 0 spiro atoms. The lowest BCUT2D eigenvalue weighted by Crippen LogP contribution is -2.40. The summed E-state index contributed by atoms with van der Waals surface area (Å²) in [5, 5.41) is 12.1. The van der Waals surface area contributed by atoms with E-state index >= 15 is 0 Å². The number of hydrogen-bond donors (Lipinski definition) is 2. The summed E-state index contributed by atoms with van der Waals surface area (Å²) in [7, 11) is 0. The van der Waals surface area contributed by atoms with Crippen LogP contribution in [-0.4, -0.2) is 23.0 Å². The Morgan fingerprint density at radius 2 is 1.57 bits per heavy atom. The van der Waals surface area contributed by atoms with Crippen molar-refractivity contribution in [3.05, 3.63) is 0 Å². The van der Waals surface area contributed by atoms with Gasteiger partial charge < -0.3 is 10.4 Å². The van der Waals surface area contributed by atoms with Gasteiger partial charge in [0.1, 0.15) is 0 Å². The predicted molar refractivity (Wildman–Crippen MR) is 81.9 cm³/mol. The Kier molecular flexibility index (Phi) is 6.07. The van der Waals surface area contributed by atoms with Gasteiger partial charge in [0, 0.05) is 12.0 Å². The minimum Gasteiger partial charge on any atom is -0.481 e. The third kappa shape index (κ3) is 5.01. The molecule has 2 fully saturated rings. The molecule has 4 heteroatoms. The van der Waals surface area contributed by atoms with Crippen molar-refractivity contribution in [3.63, 3.8) is 0 Å². The first-order chi connectivity index (χ1) is 10.1. The van der Waals surface area contributed by atoms with Gasteiger partial charge in [0.2, 0.25) is 5.91 Å². The molecule has 0 aromatic heterocycles. The van der Waals surface area contributed by atoms with Crippen molar-refractivity contribution in [2.45, 2.75) is 77.2 Å². The standard InChI is InChI=1S/C17H29NO3/c1-12(11-13-5-3-2-4-6-13)18-16(19)14-7-9-15(10-8-14)17(20)21/h12-15H,2-11H2,1H3,(H,18,19)(H,20,21)/t12-,14?,15?/m1/s1. The van der Waals surface area contributed by atoms with Crippen LogP contribution in [0, 0.1) is 17.8 Å². The molecule has 0 aromatic rings. The molecule has 120 valence electrons. The minimum absolute atomic E-state index is 0.0226. The van der Waals surface area contributed by atoms with E-state index in [0.717, 1.165) is 25.2 Å². The Morgan fingerprint density at radius 1 is 1.00 bits per heavy atom. The monoisotopic (exact) mass is 295 g/mol. The molecule has 2 aliphatic carbocycles. The molecular weight excluding hydrogens is 266 g/mol. The van der Waals surface area contributed by atoms with Crippen molar-refractivity contribution in [1.82, 2.24) is 5.32 Å². The zero-order valence-electron chi connectivity index (χ0n) is 13.1. The Balaban J connectivity index is 1.70. The van der Waals surface area contributed by atoms with Gasteiger partial charge in [-0.15, -0.1) is 0 Å². The second-order valence-electron chi connectivity index (χ2n) is 7.04. The fraction of sp³-hybridized carbons (Fsp3) is 0.882. The van der Waals surface area contributed by atoms with E-state index in [1.807, 2.05) is 0 Å². The van der Waals surface area contributed by atoms with Crippen molar-refractivity contribution >= 4 is 11.9 Å². The maximum absolute atomic E-state index is 12.3. The van der Waals surface area contributed by atoms with E-state index in [1.54, 1.807) is 0 Å². The topological polar surface area (TPSA) is 66.4 Å². The molecular formula is C17H29NO3. The number of aliphatic carboxylic acids is 1. The molecule has 1 atom stereocenters.